The van der Waals surface area contributed by atoms with E-state index in [4.69, 9.17) is 0 Å². The smallest absolute Gasteiger partial charge is 0.254 e. The van der Waals surface area contributed by atoms with Crippen LogP contribution in [0, 0.1) is 28.6 Å². The molecule has 0 aromatic heterocycles. The highest BCUT2D eigenvalue weighted by Gasteiger charge is 2.53. The molecule has 5 atom stereocenters. The van der Waals surface area contributed by atoms with Gasteiger partial charge in [-0.15, -0.1) is 0 Å². The zero-order valence-corrected chi connectivity index (χ0v) is 18.7. The summed E-state index contributed by atoms with van der Waals surface area (Å²) in [5, 5.41) is 12.7. The van der Waals surface area contributed by atoms with E-state index in [1.54, 1.807) is 12.1 Å². The Labute approximate surface area is 172 Å². The third-order valence-corrected chi connectivity index (χ3v) is 9.20. The van der Waals surface area contributed by atoms with Gasteiger partial charge in [0.25, 0.3) is 5.91 Å². The van der Waals surface area contributed by atoms with E-state index in [0.717, 1.165) is 0 Å². The first kappa shape index (κ1) is 21.4. The maximum absolute atomic E-state index is 13.2. The fourth-order valence-electron chi connectivity index (χ4n) is 6.20. The minimum Gasteiger partial charge on any atom is -0.507 e. The first-order valence-corrected chi connectivity index (χ1v) is 11.9. The van der Waals surface area contributed by atoms with Gasteiger partial charge in [0.15, 0.2) is 0 Å². The number of benzene rings is 1. The van der Waals surface area contributed by atoms with E-state index in [2.05, 4.69) is 33.0 Å². The second-order valence-electron chi connectivity index (χ2n) is 9.83. The van der Waals surface area contributed by atoms with Gasteiger partial charge in [-0.25, -0.2) is 0 Å². The average Bonchev–Trinajstić information content (AvgIpc) is 2.63. The van der Waals surface area contributed by atoms with E-state index in [1.807, 2.05) is 0 Å². The number of hydrogen-bond acceptors (Lipinski definition) is 3. The van der Waals surface area contributed by atoms with Crippen LogP contribution in [0.4, 0.5) is 0 Å². The first-order chi connectivity index (χ1) is 13.1. The fraction of sp³-hybridized carbons (Fsp3) is 0.696. The molecule has 0 aliphatic heterocycles. The maximum Gasteiger partial charge on any atom is 0.254 e. The Bertz CT molecular complexity index is 775. The SMILES string of the molecule is CNC(=O)c1ccc(S(=O)CC2C(C)CCC3C(C)(C)CCCC23C)cc1O. The number of aromatic hydroxyl groups is 1. The normalized spacial score (nSPS) is 33.0. The monoisotopic (exact) mass is 405 g/mol. The van der Waals surface area contributed by atoms with E-state index < -0.39 is 10.8 Å². The van der Waals surface area contributed by atoms with Crippen molar-refractivity contribution in [2.75, 3.05) is 12.8 Å². The molecule has 2 N–H and O–H groups in total. The summed E-state index contributed by atoms with van der Waals surface area (Å²) < 4.78 is 13.2. The lowest BCUT2D eigenvalue weighted by Gasteiger charge is -2.59. The van der Waals surface area contributed by atoms with Crippen molar-refractivity contribution in [1.82, 2.24) is 5.32 Å². The summed E-state index contributed by atoms with van der Waals surface area (Å²) in [5.41, 5.74) is 0.787. The van der Waals surface area contributed by atoms with Crippen LogP contribution >= 0.6 is 0 Å². The molecular weight excluding hydrogens is 370 g/mol. The number of nitrogens with one attached hydrogen (secondary N) is 1. The van der Waals surface area contributed by atoms with E-state index in [9.17, 15) is 14.1 Å². The summed E-state index contributed by atoms with van der Waals surface area (Å²) in [5.74, 6) is 1.82. The van der Waals surface area contributed by atoms with Crippen LogP contribution in [0.1, 0.15) is 70.2 Å². The predicted molar refractivity (Wildman–Crippen MR) is 114 cm³/mol. The van der Waals surface area contributed by atoms with E-state index in [0.29, 0.717) is 33.8 Å². The molecule has 0 saturated heterocycles. The van der Waals surface area contributed by atoms with Crippen molar-refractivity contribution in [3.8, 4) is 5.75 Å². The van der Waals surface area contributed by atoms with Crippen LogP contribution in [0.5, 0.6) is 5.75 Å². The highest BCUT2D eigenvalue weighted by Crippen LogP contribution is 2.61. The van der Waals surface area contributed by atoms with Crippen LogP contribution in [0.15, 0.2) is 23.1 Å². The van der Waals surface area contributed by atoms with Gasteiger partial charge in [0, 0.05) is 17.7 Å². The van der Waals surface area contributed by atoms with Gasteiger partial charge in [-0.3, -0.25) is 9.00 Å². The van der Waals surface area contributed by atoms with Crippen LogP contribution in [0.2, 0.25) is 0 Å². The maximum atomic E-state index is 13.2. The fourth-order valence-corrected chi connectivity index (χ4v) is 7.90. The summed E-state index contributed by atoms with van der Waals surface area (Å²) in [6.07, 6.45) is 6.22. The molecule has 0 radical (unpaired) electrons. The van der Waals surface area contributed by atoms with Gasteiger partial charge < -0.3 is 10.4 Å². The van der Waals surface area contributed by atoms with E-state index in [1.165, 1.54) is 45.2 Å². The third kappa shape index (κ3) is 3.74. The molecular formula is C23H35NO3S. The Hall–Kier alpha value is -1.36. The number of rotatable bonds is 4. The molecule has 0 heterocycles. The number of carbonyl (C=O) groups is 1. The molecule has 156 valence electrons. The van der Waals surface area contributed by atoms with Crippen LogP contribution in [0.3, 0.4) is 0 Å². The number of fused-ring (bicyclic) bond motifs is 1. The third-order valence-electron chi connectivity index (χ3n) is 7.76. The Balaban J connectivity index is 1.84. The Morgan fingerprint density at radius 1 is 1.25 bits per heavy atom. The molecule has 1 aromatic rings. The molecule has 1 amide bonds. The standard InChI is InChI=1S/C23H35NO3S/c1-15-7-10-20-22(2,3)11-6-12-23(20,4)18(15)14-28(27)16-8-9-17(19(25)13-16)21(26)24-5/h8-9,13,15,18,20,25H,6-7,10-12,14H2,1-5H3,(H,24,26). The van der Waals surface area contributed by atoms with Gasteiger partial charge in [-0.2, -0.15) is 0 Å². The Kier molecular flexibility index (Phi) is 5.96. The summed E-state index contributed by atoms with van der Waals surface area (Å²) in [6, 6.07) is 4.79. The van der Waals surface area contributed by atoms with Gasteiger partial charge >= 0.3 is 0 Å². The number of amides is 1. The van der Waals surface area contributed by atoms with E-state index in [-0.39, 0.29) is 22.6 Å². The van der Waals surface area contributed by atoms with Gasteiger partial charge in [0.1, 0.15) is 5.75 Å². The predicted octanol–water partition coefficient (Wildman–Crippen LogP) is 4.74. The average molecular weight is 406 g/mol. The number of phenolic OH excluding ortho intramolecular Hbond substituents is 1. The van der Waals surface area contributed by atoms with Crippen LogP contribution in [-0.2, 0) is 10.8 Å². The highest BCUT2D eigenvalue weighted by molar-refractivity contribution is 7.85. The number of carbonyl (C=O) groups excluding carboxylic acids is 1. The Morgan fingerprint density at radius 2 is 1.96 bits per heavy atom. The topological polar surface area (TPSA) is 66.4 Å². The zero-order valence-electron chi connectivity index (χ0n) is 17.9. The lowest BCUT2D eigenvalue weighted by Crippen LogP contribution is -2.52. The van der Waals surface area contributed by atoms with Gasteiger partial charge in [0.2, 0.25) is 0 Å². The highest BCUT2D eigenvalue weighted by atomic mass is 32.2. The van der Waals surface area contributed by atoms with Gasteiger partial charge in [-0.05, 0) is 66.0 Å². The molecule has 0 bridgehead atoms. The lowest BCUT2D eigenvalue weighted by molar-refractivity contribution is -0.0853. The van der Waals surface area contributed by atoms with Crippen molar-refractivity contribution in [3.63, 3.8) is 0 Å². The van der Waals surface area contributed by atoms with Crippen molar-refractivity contribution in [2.24, 2.45) is 28.6 Å². The molecule has 5 heteroatoms. The van der Waals surface area contributed by atoms with Crippen LogP contribution < -0.4 is 5.32 Å². The van der Waals surface area contributed by atoms with Crippen molar-refractivity contribution in [1.29, 1.82) is 0 Å². The summed E-state index contributed by atoms with van der Waals surface area (Å²) >= 11 is 0. The largest absolute Gasteiger partial charge is 0.507 e. The molecule has 2 saturated carbocycles. The van der Waals surface area contributed by atoms with Crippen molar-refractivity contribution in [2.45, 2.75) is 64.7 Å². The summed E-state index contributed by atoms with van der Waals surface area (Å²) in [6.45, 7) is 9.57. The van der Waals surface area contributed by atoms with Crippen molar-refractivity contribution < 1.29 is 14.1 Å². The van der Waals surface area contributed by atoms with Gasteiger partial charge in [-0.1, -0.05) is 40.5 Å². The number of phenols is 1. The van der Waals surface area contributed by atoms with Crippen LogP contribution in [-0.4, -0.2) is 28.0 Å². The first-order valence-electron chi connectivity index (χ1n) is 10.5. The molecule has 4 nitrogen and oxygen atoms in total. The minimum atomic E-state index is -1.19. The van der Waals surface area contributed by atoms with Crippen molar-refractivity contribution >= 4 is 16.7 Å². The number of hydrogen-bond donors (Lipinski definition) is 2. The van der Waals surface area contributed by atoms with Crippen LogP contribution in [0.25, 0.3) is 0 Å². The molecule has 3 rings (SSSR count). The zero-order chi connectivity index (χ0) is 20.7. The van der Waals surface area contributed by atoms with Crippen molar-refractivity contribution in [3.05, 3.63) is 23.8 Å². The molecule has 0 spiro atoms. The Morgan fingerprint density at radius 3 is 2.61 bits per heavy atom. The molecule has 1 aromatic carbocycles. The lowest BCUT2D eigenvalue weighted by atomic mass is 9.47. The van der Waals surface area contributed by atoms with E-state index >= 15 is 0 Å². The second-order valence-corrected chi connectivity index (χ2v) is 11.3. The molecule has 28 heavy (non-hydrogen) atoms. The molecule has 2 aliphatic carbocycles. The minimum absolute atomic E-state index is 0.107. The molecule has 5 unspecified atom stereocenters. The quantitative estimate of drug-likeness (QED) is 0.760. The molecule has 2 fully saturated rings. The summed E-state index contributed by atoms with van der Waals surface area (Å²) in [7, 11) is 0.336. The van der Waals surface area contributed by atoms with Gasteiger partial charge in [0.05, 0.1) is 16.4 Å². The second kappa shape index (κ2) is 7.81. The summed E-state index contributed by atoms with van der Waals surface area (Å²) in [4.78, 5) is 12.4. The molecule has 2 aliphatic rings.